The van der Waals surface area contributed by atoms with E-state index in [1.807, 2.05) is 24.3 Å². The van der Waals surface area contributed by atoms with E-state index in [1.54, 1.807) is 0 Å². The Morgan fingerprint density at radius 1 is 0.708 bits per heavy atom. The lowest BCUT2D eigenvalue weighted by atomic mass is 10.1. The van der Waals surface area contributed by atoms with Gasteiger partial charge in [0.05, 0.1) is 57.9 Å². The highest BCUT2D eigenvalue weighted by Crippen LogP contribution is 2.29. The summed E-state index contributed by atoms with van der Waals surface area (Å²) in [6.07, 6.45) is 0. The Balaban J connectivity index is 2.72. The molecule has 2 aromatic rings. The van der Waals surface area contributed by atoms with Gasteiger partial charge in [-0.3, -0.25) is 4.90 Å². The first-order valence-electron chi connectivity index (χ1n) is 6.52. The molecule has 0 radical (unpaired) electrons. The Hall–Kier alpha value is -3.91. The molecule has 24 heavy (non-hydrogen) atoms. The molecule has 0 unspecified atom stereocenters. The van der Waals surface area contributed by atoms with Gasteiger partial charge >= 0.3 is 0 Å². The van der Waals surface area contributed by atoms with Gasteiger partial charge in [-0.2, -0.15) is 21.0 Å². The van der Waals surface area contributed by atoms with Crippen LogP contribution in [0.1, 0.15) is 22.3 Å². The zero-order valence-electron chi connectivity index (χ0n) is 12.2. The lowest BCUT2D eigenvalue weighted by molar-refractivity contribution is 1.31. The molecular weight excluding hydrogens is 320 g/mol. The topological polar surface area (TPSA) is 124 Å². The van der Waals surface area contributed by atoms with Gasteiger partial charge in [0.1, 0.15) is 0 Å². The average Bonchev–Trinajstić information content (AvgIpc) is 2.60. The van der Waals surface area contributed by atoms with E-state index in [9.17, 15) is 0 Å². The number of rotatable bonds is 2. The molecule has 0 fully saturated rings. The van der Waals surface area contributed by atoms with Crippen LogP contribution in [-0.4, -0.2) is 5.11 Å². The minimum absolute atomic E-state index is 0.0482. The van der Waals surface area contributed by atoms with Crippen molar-refractivity contribution in [2.24, 2.45) is 5.73 Å². The van der Waals surface area contributed by atoms with Crippen molar-refractivity contribution >= 4 is 28.7 Å². The molecule has 0 spiro atoms. The molecule has 0 aliphatic heterocycles. The first kappa shape index (κ1) is 16.5. The van der Waals surface area contributed by atoms with Crippen LogP contribution in [-0.2, 0) is 0 Å². The number of anilines is 2. The van der Waals surface area contributed by atoms with Crippen molar-refractivity contribution in [3.63, 3.8) is 0 Å². The molecule has 2 rings (SSSR count). The molecule has 7 heteroatoms. The van der Waals surface area contributed by atoms with Gasteiger partial charge in [-0.15, -0.1) is 0 Å². The number of nitrogens with zero attached hydrogens (tertiary/aromatic N) is 5. The van der Waals surface area contributed by atoms with Gasteiger partial charge in [0.2, 0.25) is 0 Å². The van der Waals surface area contributed by atoms with Gasteiger partial charge in [0.15, 0.2) is 5.11 Å². The second-order valence-electron chi connectivity index (χ2n) is 4.66. The summed E-state index contributed by atoms with van der Waals surface area (Å²) in [4.78, 5) is 1.40. The van der Waals surface area contributed by atoms with Crippen molar-refractivity contribution in [2.45, 2.75) is 0 Å². The monoisotopic (exact) mass is 328 g/mol. The molecule has 0 aliphatic carbocycles. The molecule has 2 N–H and O–H groups in total. The van der Waals surface area contributed by atoms with Crippen LogP contribution in [0, 0.1) is 45.3 Å². The van der Waals surface area contributed by atoms with Crippen LogP contribution in [0.3, 0.4) is 0 Å². The fourth-order valence-electron chi connectivity index (χ4n) is 2.14. The van der Waals surface area contributed by atoms with E-state index in [-0.39, 0.29) is 27.4 Å². The van der Waals surface area contributed by atoms with Gasteiger partial charge in [-0.1, -0.05) is 0 Å². The minimum Gasteiger partial charge on any atom is -0.376 e. The Kier molecular flexibility index (Phi) is 4.73. The molecule has 0 saturated heterocycles. The molecule has 0 heterocycles. The summed E-state index contributed by atoms with van der Waals surface area (Å²) in [7, 11) is 0. The zero-order valence-corrected chi connectivity index (χ0v) is 13.0. The van der Waals surface area contributed by atoms with E-state index in [0.717, 1.165) is 0 Å². The van der Waals surface area contributed by atoms with E-state index in [0.29, 0.717) is 11.4 Å². The summed E-state index contributed by atoms with van der Waals surface area (Å²) >= 11 is 5.07. The van der Waals surface area contributed by atoms with Crippen molar-refractivity contribution < 1.29 is 0 Å². The van der Waals surface area contributed by atoms with E-state index in [2.05, 4.69) is 0 Å². The van der Waals surface area contributed by atoms with Crippen LogP contribution in [0.15, 0.2) is 36.4 Å². The van der Waals surface area contributed by atoms with Crippen LogP contribution in [0.25, 0.3) is 0 Å². The quantitative estimate of drug-likeness (QED) is 0.840. The van der Waals surface area contributed by atoms with Crippen LogP contribution in [0.4, 0.5) is 11.4 Å². The van der Waals surface area contributed by atoms with Crippen LogP contribution in [0.2, 0.25) is 0 Å². The maximum Gasteiger partial charge on any atom is 0.175 e. The van der Waals surface area contributed by atoms with E-state index < -0.39 is 0 Å². The third kappa shape index (κ3) is 3.29. The van der Waals surface area contributed by atoms with Crippen molar-refractivity contribution in [1.82, 2.24) is 0 Å². The Bertz CT molecular complexity index is 858. The van der Waals surface area contributed by atoms with Gasteiger partial charge in [0, 0.05) is 0 Å². The van der Waals surface area contributed by atoms with E-state index >= 15 is 0 Å². The molecule has 112 valence electrons. The number of nitrogens with two attached hydrogens (primary N) is 1. The van der Waals surface area contributed by atoms with Gasteiger partial charge in [-0.25, -0.2) is 0 Å². The molecule has 0 bridgehead atoms. The summed E-state index contributed by atoms with van der Waals surface area (Å²) in [5, 5.41) is 36.4. The summed E-state index contributed by atoms with van der Waals surface area (Å²) < 4.78 is 0. The molecule has 6 nitrogen and oxygen atoms in total. The average molecular weight is 328 g/mol. The third-order valence-corrected chi connectivity index (χ3v) is 3.27. The SMILES string of the molecule is N#Cc1cc(C#N)cc(N(C(N)=S)c2cc(C#N)cc(C#N)c2)c1. The molecule has 0 aromatic heterocycles. The maximum absolute atomic E-state index is 9.11. The largest absolute Gasteiger partial charge is 0.376 e. The minimum atomic E-state index is -0.0482. The van der Waals surface area contributed by atoms with E-state index in [1.165, 1.54) is 41.3 Å². The van der Waals surface area contributed by atoms with Crippen LogP contribution < -0.4 is 10.6 Å². The summed E-state index contributed by atoms with van der Waals surface area (Å²) in [5.41, 5.74) is 7.66. The predicted octanol–water partition coefficient (Wildman–Crippen LogP) is 2.56. The molecule has 0 aliphatic rings. The third-order valence-electron chi connectivity index (χ3n) is 3.09. The highest BCUT2D eigenvalue weighted by molar-refractivity contribution is 7.80. The number of thiocarbonyl (C=S) groups is 1. The summed E-state index contributed by atoms with van der Waals surface area (Å²) in [6.45, 7) is 0. The Morgan fingerprint density at radius 3 is 1.21 bits per heavy atom. The Labute approximate surface area is 143 Å². The standard InChI is InChI=1S/C17H8N6S/c18-7-11-1-12(8-19)4-15(3-11)23(17(22)24)16-5-13(9-20)2-14(6-16)10-21/h1-6H,(H2,22,24). The van der Waals surface area contributed by atoms with Crippen molar-refractivity contribution in [1.29, 1.82) is 21.0 Å². The zero-order chi connectivity index (χ0) is 17.7. The first-order chi connectivity index (χ1) is 11.5. The lowest BCUT2D eigenvalue weighted by Crippen LogP contribution is -2.31. The summed E-state index contributed by atoms with van der Waals surface area (Å²) in [5.74, 6) is 0. The fourth-order valence-corrected chi connectivity index (χ4v) is 2.35. The second kappa shape index (κ2) is 6.90. The van der Waals surface area contributed by atoms with Crippen molar-refractivity contribution in [2.75, 3.05) is 4.90 Å². The van der Waals surface area contributed by atoms with Crippen LogP contribution in [0.5, 0.6) is 0 Å². The highest BCUT2D eigenvalue weighted by Gasteiger charge is 2.16. The number of nitriles is 4. The van der Waals surface area contributed by atoms with Gasteiger partial charge in [-0.05, 0) is 48.6 Å². The van der Waals surface area contributed by atoms with E-state index in [4.69, 9.17) is 39.0 Å². The maximum atomic E-state index is 9.11. The lowest BCUT2D eigenvalue weighted by Gasteiger charge is -2.24. The molecule has 0 saturated carbocycles. The Morgan fingerprint density at radius 2 is 1.00 bits per heavy atom. The molecule has 0 amide bonds. The smallest absolute Gasteiger partial charge is 0.175 e. The van der Waals surface area contributed by atoms with Gasteiger partial charge < -0.3 is 5.73 Å². The first-order valence-corrected chi connectivity index (χ1v) is 6.93. The molecule has 2 aromatic carbocycles. The predicted molar refractivity (Wildman–Crippen MR) is 90.7 cm³/mol. The van der Waals surface area contributed by atoms with Crippen molar-refractivity contribution in [3.05, 3.63) is 58.7 Å². The second-order valence-corrected chi connectivity index (χ2v) is 5.08. The highest BCUT2D eigenvalue weighted by atomic mass is 32.1. The van der Waals surface area contributed by atoms with Crippen molar-refractivity contribution in [3.8, 4) is 24.3 Å². The molecular formula is C17H8N6S. The number of hydrogen-bond donors (Lipinski definition) is 1. The van der Waals surface area contributed by atoms with Crippen LogP contribution >= 0.6 is 12.2 Å². The number of benzene rings is 2. The normalized spacial score (nSPS) is 9.00. The number of hydrogen-bond acceptors (Lipinski definition) is 5. The fraction of sp³-hybridized carbons (Fsp3) is 0. The summed E-state index contributed by atoms with van der Waals surface area (Å²) in [6, 6.07) is 16.8. The molecule has 0 atom stereocenters. The van der Waals surface area contributed by atoms with Gasteiger partial charge in [0.25, 0.3) is 0 Å².